The van der Waals surface area contributed by atoms with Crippen molar-refractivity contribution in [2.24, 2.45) is 0 Å². The Kier molecular flexibility index (Phi) is 43.7. The van der Waals surface area contributed by atoms with Crippen molar-refractivity contribution in [2.75, 3.05) is 40.9 Å². The highest BCUT2D eigenvalue weighted by Crippen LogP contribution is 2.43. The average molecular weight is 914 g/mol. The molecule has 0 rings (SSSR count). The molecular formula is C55H98N2O6P+. The Labute approximate surface area is 394 Å². The van der Waals surface area contributed by atoms with Gasteiger partial charge in [-0.05, 0) is 77.0 Å². The minimum Gasteiger partial charge on any atom is -0.387 e. The van der Waals surface area contributed by atoms with E-state index in [0.29, 0.717) is 17.4 Å². The first-order chi connectivity index (χ1) is 31.0. The second-order valence-electron chi connectivity index (χ2n) is 18.2. The van der Waals surface area contributed by atoms with Crippen LogP contribution in [0.15, 0.2) is 97.2 Å². The Morgan fingerprint density at radius 2 is 0.938 bits per heavy atom. The molecule has 8 nitrogen and oxygen atoms in total. The average Bonchev–Trinajstić information content (AvgIpc) is 3.25. The molecule has 0 spiro atoms. The van der Waals surface area contributed by atoms with Crippen LogP contribution in [0.4, 0.5) is 0 Å². The Bertz CT molecular complexity index is 1360. The topological polar surface area (TPSA) is 105 Å². The maximum atomic E-state index is 12.9. The maximum absolute atomic E-state index is 12.9. The van der Waals surface area contributed by atoms with Crippen LogP contribution in [0.2, 0.25) is 0 Å². The third kappa shape index (κ3) is 47.4. The van der Waals surface area contributed by atoms with Gasteiger partial charge in [-0.25, -0.2) is 4.57 Å². The van der Waals surface area contributed by atoms with Gasteiger partial charge in [-0.2, -0.15) is 0 Å². The number of hydrogen-bond donors (Lipinski definition) is 3. The van der Waals surface area contributed by atoms with Gasteiger partial charge in [-0.15, -0.1) is 0 Å². The van der Waals surface area contributed by atoms with Crippen molar-refractivity contribution in [1.82, 2.24) is 5.32 Å². The number of likely N-dealkylation sites (N-methyl/N-ethyl adjacent to an activating group) is 1. The van der Waals surface area contributed by atoms with Crippen LogP contribution < -0.4 is 5.32 Å². The maximum Gasteiger partial charge on any atom is 0.472 e. The van der Waals surface area contributed by atoms with Gasteiger partial charge in [0, 0.05) is 6.42 Å². The molecule has 0 saturated carbocycles. The predicted octanol–water partition coefficient (Wildman–Crippen LogP) is 15.1. The first-order valence-electron chi connectivity index (χ1n) is 25.6. The van der Waals surface area contributed by atoms with Gasteiger partial charge in [0.05, 0.1) is 39.9 Å². The fraction of sp³-hybridized carbons (Fsp3) is 0.691. The lowest BCUT2D eigenvalue weighted by molar-refractivity contribution is -0.870. The molecule has 9 heteroatoms. The van der Waals surface area contributed by atoms with Crippen molar-refractivity contribution in [3.63, 3.8) is 0 Å². The highest BCUT2D eigenvalue weighted by Gasteiger charge is 2.27. The molecule has 0 bridgehead atoms. The number of carbonyl (C=O) groups is 1. The van der Waals surface area contributed by atoms with E-state index in [2.05, 4.69) is 104 Å². The Hall–Kier alpha value is -2.58. The summed E-state index contributed by atoms with van der Waals surface area (Å²) in [5.74, 6) is -0.190. The van der Waals surface area contributed by atoms with Crippen LogP contribution in [0.1, 0.15) is 194 Å². The number of amides is 1. The molecule has 3 atom stereocenters. The molecule has 64 heavy (non-hydrogen) atoms. The van der Waals surface area contributed by atoms with Crippen molar-refractivity contribution in [3.05, 3.63) is 97.2 Å². The molecule has 0 fully saturated rings. The van der Waals surface area contributed by atoms with Gasteiger partial charge in [-0.3, -0.25) is 13.8 Å². The number of phosphoric ester groups is 1. The quantitative estimate of drug-likeness (QED) is 0.0243. The van der Waals surface area contributed by atoms with E-state index < -0.39 is 20.0 Å². The van der Waals surface area contributed by atoms with E-state index in [4.69, 9.17) is 9.05 Å². The summed E-state index contributed by atoms with van der Waals surface area (Å²) in [5.41, 5.74) is 0. The summed E-state index contributed by atoms with van der Waals surface area (Å²) < 4.78 is 23.6. The number of aliphatic hydroxyl groups excluding tert-OH is 1. The number of carbonyl (C=O) groups excluding carboxylic acids is 1. The summed E-state index contributed by atoms with van der Waals surface area (Å²) in [7, 11) is 1.55. The number of phosphoric acid groups is 1. The summed E-state index contributed by atoms with van der Waals surface area (Å²) >= 11 is 0. The lowest BCUT2D eigenvalue weighted by atomic mass is 10.0. The molecule has 0 aliphatic rings. The van der Waals surface area contributed by atoms with Crippen molar-refractivity contribution < 1.29 is 32.9 Å². The molecule has 0 aliphatic heterocycles. The van der Waals surface area contributed by atoms with E-state index >= 15 is 0 Å². The summed E-state index contributed by atoms with van der Waals surface area (Å²) in [6.45, 7) is 4.66. The molecule has 0 aromatic carbocycles. The fourth-order valence-electron chi connectivity index (χ4n) is 6.78. The zero-order chi connectivity index (χ0) is 47.1. The molecule has 368 valence electrons. The summed E-state index contributed by atoms with van der Waals surface area (Å²) in [6.07, 6.45) is 64.9. The van der Waals surface area contributed by atoms with Gasteiger partial charge in [0.25, 0.3) is 0 Å². The van der Waals surface area contributed by atoms with Crippen molar-refractivity contribution in [3.8, 4) is 0 Å². The molecule has 3 unspecified atom stereocenters. The molecule has 0 radical (unpaired) electrons. The molecule has 3 N–H and O–H groups in total. The largest absolute Gasteiger partial charge is 0.472 e. The number of rotatable bonds is 45. The van der Waals surface area contributed by atoms with E-state index in [0.717, 1.165) is 89.9 Å². The molecule has 0 aromatic rings. The van der Waals surface area contributed by atoms with E-state index in [1.54, 1.807) is 6.08 Å². The van der Waals surface area contributed by atoms with Crippen LogP contribution in [0.3, 0.4) is 0 Å². The number of nitrogens with zero attached hydrogens (tertiary/aromatic N) is 1. The molecule has 1 amide bonds. The SMILES string of the molecule is CC/C=C\C/C=C\C/C=C\C/C=C\C/C=C\C/C=C\C/C=C\CCCCCCCCCCCC(=O)NC(COP(=O)(O)OCC[N+](C)(C)C)C(O)/C=C/CCCCCCCCCCC. The number of hydrogen-bond acceptors (Lipinski definition) is 5. The van der Waals surface area contributed by atoms with Crippen molar-refractivity contribution in [1.29, 1.82) is 0 Å². The summed E-state index contributed by atoms with van der Waals surface area (Å²) in [4.78, 5) is 23.2. The van der Waals surface area contributed by atoms with Crippen LogP contribution in [-0.2, 0) is 18.4 Å². The smallest absolute Gasteiger partial charge is 0.387 e. The van der Waals surface area contributed by atoms with Crippen LogP contribution in [0.5, 0.6) is 0 Å². The van der Waals surface area contributed by atoms with Gasteiger partial charge >= 0.3 is 7.82 Å². The third-order valence-corrected chi connectivity index (χ3v) is 11.8. The van der Waals surface area contributed by atoms with Gasteiger partial charge in [0.15, 0.2) is 0 Å². The molecular weight excluding hydrogens is 816 g/mol. The first-order valence-corrected chi connectivity index (χ1v) is 27.1. The highest BCUT2D eigenvalue weighted by molar-refractivity contribution is 7.47. The number of unbranched alkanes of at least 4 members (excludes halogenated alkanes) is 18. The number of aliphatic hydroxyl groups is 1. The van der Waals surface area contributed by atoms with Gasteiger partial charge in [0.2, 0.25) is 5.91 Å². The van der Waals surface area contributed by atoms with Gasteiger partial charge in [-0.1, -0.05) is 207 Å². The summed E-state index contributed by atoms with van der Waals surface area (Å²) in [5, 5.41) is 13.8. The third-order valence-electron chi connectivity index (χ3n) is 10.8. The standard InChI is InChI=1S/C55H97N2O6P/c1-6-8-10-12-14-16-18-19-20-21-22-23-24-25-26-27-28-29-30-31-32-33-34-35-36-37-39-41-43-45-47-49-55(59)56-53(52-63-64(60,61)62-51-50-57(3,4)5)54(58)48-46-44-42-40-38-17-15-13-11-9-7-2/h8,10,14,16,19-20,22-23,25-26,28-29,31-32,46,48,53-54,58H,6-7,9,11-13,15,17-18,21,24,27,30,33-45,47,49-52H2,1-5H3,(H-,56,59,60,61)/p+1/b10-8-,16-14-,20-19-,23-22-,26-25-,29-28-,32-31-,48-46+. The number of allylic oxidation sites excluding steroid dienone is 15. The van der Waals surface area contributed by atoms with E-state index in [1.165, 1.54) is 83.5 Å². The Balaban J connectivity index is 4.19. The van der Waals surface area contributed by atoms with Crippen molar-refractivity contribution in [2.45, 2.75) is 206 Å². The van der Waals surface area contributed by atoms with Crippen LogP contribution >= 0.6 is 7.82 Å². The first kappa shape index (κ1) is 61.4. The minimum absolute atomic E-state index is 0.0555. The number of quaternary nitrogens is 1. The molecule has 0 aromatic heterocycles. The van der Waals surface area contributed by atoms with Crippen LogP contribution in [0.25, 0.3) is 0 Å². The number of nitrogens with one attached hydrogen (secondary N) is 1. The van der Waals surface area contributed by atoms with E-state index in [-0.39, 0.29) is 19.1 Å². The molecule has 0 aliphatic carbocycles. The summed E-state index contributed by atoms with van der Waals surface area (Å²) in [6, 6.07) is -0.854. The normalized spacial score (nSPS) is 14.9. The van der Waals surface area contributed by atoms with Gasteiger partial charge in [0.1, 0.15) is 13.2 Å². The Morgan fingerprint density at radius 1 is 0.547 bits per heavy atom. The zero-order valence-corrected chi connectivity index (χ0v) is 42.6. The highest BCUT2D eigenvalue weighted by atomic mass is 31.2. The lowest BCUT2D eigenvalue weighted by Gasteiger charge is -2.25. The van der Waals surface area contributed by atoms with Gasteiger partial charge < -0.3 is 19.8 Å². The van der Waals surface area contributed by atoms with Crippen LogP contribution in [0, 0.1) is 0 Å². The van der Waals surface area contributed by atoms with Crippen LogP contribution in [-0.4, -0.2) is 73.4 Å². The van der Waals surface area contributed by atoms with Crippen molar-refractivity contribution >= 4 is 13.7 Å². The monoisotopic (exact) mass is 914 g/mol. The Morgan fingerprint density at radius 3 is 1.38 bits per heavy atom. The second-order valence-corrected chi connectivity index (χ2v) is 19.6. The van der Waals surface area contributed by atoms with E-state index in [1.807, 2.05) is 27.2 Å². The fourth-order valence-corrected chi connectivity index (χ4v) is 7.52. The van der Waals surface area contributed by atoms with E-state index in [9.17, 15) is 19.4 Å². The second kappa shape index (κ2) is 45.6. The zero-order valence-electron chi connectivity index (χ0n) is 41.7. The minimum atomic E-state index is -4.34. The molecule has 0 saturated heterocycles. The molecule has 0 heterocycles. The predicted molar refractivity (Wildman–Crippen MR) is 276 cm³/mol. The lowest BCUT2D eigenvalue weighted by Crippen LogP contribution is -2.45.